The normalized spacial score (nSPS) is 10.4. The molecule has 78 valence electrons. The third kappa shape index (κ3) is 3.96. The van der Waals surface area contributed by atoms with Crippen LogP contribution < -0.4 is 0 Å². The van der Waals surface area contributed by atoms with Crippen LogP contribution in [0.4, 0.5) is 0 Å². The molecule has 0 unspecified atom stereocenters. The fraction of sp³-hybridized carbons (Fsp3) is 0.375. The number of carboxylic acids is 1. The van der Waals surface area contributed by atoms with Gasteiger partial charge in [0.1, 0.15) is 10.9 Å². The molecule has 0 aliphatic carbocycles. The summed E-state index contributed by atoms with van der Waals surface area (Å²) in [6.07, 6.45) is 0.684. The maximum absolute atomic E-state index is 10.1. The molecule has 1 rings (SSSR count). The van der Waals surface area contributed by atoms with E-state index in [1.807, 2.05) is 6.07 Å². The third-order valence-corrected chi connectivity index (χ3v) is 3.95. The zero-order valence-electron chi connectivity index (χ0n) is 7.13. The SMILES string of the molecule is O=C(O)COCCc1cc(Br)c(Cl)s1. The molecule has 0 radical (unpaired) electrons. The van der Waals surface area contributed by atoms with Crippen molar-refractivity contribution >= 4 is 44.8 Å². The molecular weight excluding hydrogens is 292 g/mol. The first-order valence-corrected chi connectivity index (χ1v) is 5.81. The smallest absolute Gasteiger partial charge is 0.329 e. The molecule has 0 fully saturated rings. The molecule has 14 heavy (non-hydrogen) atoms. The summed E-state index contributed by atoms with van der Waals surface area (Å²) in [4.78, 5) is 11.2. The molecule has 1 heterocycles. The minimum atomic E-state index is -0.949. The molecule has 0 spiro atoms. The molecule has 0 saturated carbocycles. The first-order valence-electron chi connectivity index (χ1n) is 3.83. The number of hydrogen-bond donors (Lipinski definition) is 1. The largest absolute Gasteiger partial charge is 0.480 e. The number of halogens is 2. The van der Waals surface area contributed by atoms with Crippen LogP contribution in [0.5, 0.6) is 0 Å². The van der Waals surface area contributed by atoms with Gasteiger partial charge in [-0.3, -0.25) is 0 Å². The van der Waals surface area contributed by atoms with Gasteiger partial charge in [-0.25, -0.2) is 4.79 Å². The Morgan fingerprint density at radius 1 is 1.71 bits per heavy atom. The number of carboxylic acid groups (broad SMARTS) is 1. The van der Waals surface area contributed by atoms with Crippen molar-refractivity contribution in [2.45, 2.75) is 6.42 Å². The lowest BCUT2D eigenvalue weighted by atomic mass is 10.4. The van der Waals surface area contributed by atoms with Crippen LogP contribution in [0.1, 0.15) is 4.88 Å². The zero-order chi connectivity index (χ0) is 10.6. The highest BCUT2D eigenvalue weighted by Gasteiger charge is 2.04. The Bertz CT molecular complexity index is 307. The Balaban J connectivity index is 2.28. The van der Waals surface area contributed by atoms with Gasteiger partial charge in [0, 0.05) is 15.8 Å². The van der Waals surface area contributed by atoms with Crippen molar-refractivity contribution in [1.82, 2.24) is 0 Å². The first-order chi connectivity index (χ1) is 6.59. The van der Waals surface area contributed by atoms with E-state index in [0.29, 0.717) is 17.4 Å². The standard InChI is InChI=1S/C8H8BrClO3S/c9-6-3-5(14-8(6)10)1-2-13-4-7(11)12/h3H,1-2,4H2,(H,11,12). The van der Waals surface area contributed by atoms with E-state index in [9.17, 15) is 4.79 Å². The van der Waals surface area contributed by atoms with Gasteiger partial charge in [-0.15, -0.1) is 11.3 Å². The average molecular weight is 300 g/mol. The van der Waals surface area contributed by atoms with Gasteiger partial charge < -0.3 is 9.84 Å². The average Bonchev–Trinajstić information content (AvgIpc) is 2.40. The van der Waals surface area contributed by atoms with Crippen LogP contribution in [-0.2, 0) is 16.0 Å². The molecule has 3 nitrogen and oxygen atoms in total. The number of rotatable bonds is 5. The van der Waals surface area contributed by atoms with Crippen LogP contribution in [0.3, 0.4) is 0 Å². The summed E-state index contributed by atoms with van der Waals surface area (Å²) >= 11 is 10.6. The van der Waals surface area contributed by atoms with Gasteiger partial charge in [0.05, 0.1) is 6.61 Å². The van der Waals surface area contributed by atoms with Crippen molar-refractivity contribution in [3.05, 3.63) is 19.8 Å². The summed E-state index contributed by atoms with van der Waals surface area (Å²) in [6, 6.07) is 1.91. The van der Waals surface area contributed by atoms with E-state index in [1.165, 1.54) is 11.3 Å². The first kappa shape index (κ1) is 12.0. The van der Waals surface area contributed by atoms with Crippen LogP contribution in [0.15, 0.2) is 10.5 Å². The fourth-order valence-corrected chi connectivity index (χ4v) is 2.62. The van der Waals surface area contributed by atoms with Crippen LogP contribution in [-0.4, -0.2) is 24.3 Å². The lowest BCUT2D eigenvalue weighted by Gasteiger charge is -1.98. The molecule has 0 saturated heterocycles. The van der Waals surface area contributed by atoms with E-state index >= 15 is 0 Å². The molecule has 0 aliphatic heterocycles. The second-order valence-corrected chi connectivity index (χ2v) is 5.12. The van der Waals surface area contributed by atoms with Crippen molar-refractivity contribution in [2.24, 2.45) is 0 Å². The Kier molecular flexibility index (Phi) is 4.88. The molecule has 6 heteroatoms. The van der Waals surface area contributed by atoms with Crippen LogP contribution in [0.25, 0.3) is 0 Å². The van der Waals surface area contributed by atoms with Gasteiger partial charge >= 0.3 is 5.97 Å². The van der Waals surface area contributed by atoms with E-state index in [1.54, 1.807) is 0 Å². The summed E-state index contributed by atoms with van der Waals surface area (Å²) in [5.41, 5.74) is 0. The number of thiophene rings is 1. The van der Waals surface area contributed by atoms with Gasteiger partial charge in [-0.05, 0) is 22.0 Å². The van der Waals surface area contributed by atoms with E-state index in [2.05, 4.69) is 15.9 Å². The quantitative estimate of drug-likeness (QED) is 0.851. The number of carbonyl (C=O) groups is 1. The fourth-order valence-electron chi connectivity index (χ4n) is 0.847. The van der Waals surface area contributed by atoms with Gasteiger partial charge in [-0.1, -0.05) is 11.6 Å². The molecule has 1 aromatic heterocycles. The second kappa shape index (κ2) is 5.70. The number of ether oxygens (including phenoxy) is 1. The van der Waals surface area contributed by atoms with E-state index in [4.69, 9.17) is 21.4 Å². The Hall–Kier alpha value is -0.100. The van der Waals surface area contributed by atoms with Crippen LogP contribution in [0.2, 0.25) is 4.34 Å². The molecule has 1 aromatic rings. The third-order valence-electron chi connectivity index (χ3n) is 1.41. The van der Waals surface area contributed by atoms with Crippen molar-refractivity contribution in [2.75, 3.05) is 13.2 Å². The summed E-state index contributed by atoms with van der Waals surface area (Å²) < 4.78 is 6.48. The molecule has 0 amide bonds. The summed E-state index contributed by atoms with van der Waals surface area (Å²) in [7, 11) is 0. The minimum Gasteiger partial charge on any atom is -0.480 e. The van der Waals surface area contributed by atoms with Crippen LogP contribution >= 0.6 is 38.9 Å². The van der Waals surface area contributed by atoms with Crippen molar-refractivity contribution in [3.63, 3.8) is 0 Å². The van der Waals surface area contributed by atoms with Crippen molar-refractivity contribution in [1.29, 1.82) is 0 Å². The maximum Gasteiger partial charge on any atom is 0.329 e. The Labute approximate surface area is 98.8 Å². The molecule has 1 N–H and O–H groups in total. The predicted molar refractivity (Wildman–Crippen MR) is 59.2 cm³/mol. The second-order valence-electron chi connectivity index (χ2n) is 2.53. The monoisotopic (exact) mass is 298 g/mol. The molecular formula is C8H8BrClO3S. The predicted octanol–water partition coefficient (Wildman–Crippen LogP) is 2.81. The molecule has 0 bridgehead atoms. The van der Waals surface area contributed by atoms with E-state index in [0.717, 1.165) is 9.35 Å². The van der Waals surface area contributed by atoms with E-state index < -0.39 is 5.97 Å². The number of aliphatic carboxylic acids is 1. The minimum absolute atomic E-state index is 0.250. The molecule has 0 aromatic carbocycles. The highest BCUT2D eigenvalue weighted by atomic mass is 79.9. The van der Waals surface area contributed by atoms with Crippen molar-refractivity contribution < 1.29 is 14.6 Å². The maximum atomic E-state index is 10.1. The highest BCUT2D eigenvalue weighted by Crippen LogP contribution is 2.32. The summed E-state index contributed by atoms with van der Waals surface area (Å²) in [6.45, 7) is 0.149. The lowest BCUT2D eigenvalue weighted by Crippen LogP contribution is -2.08. The van der Waals surface area contributed by atoms with Gasteiger partial charge in [-0.2, -0.15) is 0 Å². The molecule has 0 aliphatic rings. The summed E-state index contributed by atoms with van der Waals surface area (Å²) in [5, 5.41) is 8.31. The summed E-state index contributed by atoms with van der Waals surface area (Å²) in [5.74, 6) is -0.949. The highest BCUT2D eigenvalue weighted by molar-refractivity contribution is 9.10. The Morgan fingerprint density at radius 2 is 2.43 bits per heavy atom. The Morgan fingerprint density at radius 3 is 2.93 bits per heavy atom. The van der Waals surface area contributed by atoms with Crippen molar-refractivity contribution in [3.8, 4) is 0 Å². The van der Waals surface area contributed by atoms with Gasteiger partial charge in [0.25, 0.3) is 0 Å². The topological polar surface area (TPSA) is 46.5 Å². The lowest BCUT2D eigenvalue weighted by molar-refractivity contribution is -0.142. The molecule has 0 atom stereocenters. The van der Waals surface area contributed by atoms with E-state index in [-0.39, 0.29) is 6.61 Å². The van der Waals surface area contributed by atoms with Gasteiger partial charge in [0.15, 0.2) is 0 Å². The zero-order valence-corrected chi connectivity index (χ0v) is 10.3. The van der Waals surface area contributed by atoms with Crippen LogP contribution in [0, 0.1) is 0 Å². The number of hydrogen-bond acceptors (Lipinski definition) is 3. The van der Waals surface area contributed by atoms with Gasteiger partial charge in [0.2, 0.25) is 0 Å².